The highest BCUT2D eigenvalue weighted by Gasteiger charge is 2.26. The number of hydrogen-bond donors (Lipinski definition) is 0. The van der Waals surface area contributed by atoms with Crippen molar-refractivity contribution in [1.29, 1.82) is 0 Å². The minimum atomic E-state index is -3.56. The van der Waals surface area contributed by atoms with E-state index in [0.717, 1.165) is 5.39 Å². The number of pyridine rings is 1. The van der Waals surface area contributed by atoms with Crippen LogP contribution in [0.3, 0.4) is 0 Å². The fourth-order valence-electron chi connectivity index (χ4n) is 2.09. The van der Waals surface area contributed by atoms with Gasteiger partial charge < -0.3 is 0 Å². The van der Waals surface area contributed by atoms with Gasteiger partial charge in [-0.1, -0.05) is 17.7 Å². The van der Waals surface area contributed by atoms with Crippen LogP contribution in [0.2, 0.25) is 5.15 Å². The molecule has 112 valence electrons. The number of fused-ring (bicyclic) bond motifs is 1. The van der Waals surface area contributed by atoms with Gasteiger partial charge in [-0.25, -0.2) is 13.4 Å². The molecule has 0 saturated carbocycles. The van der Waals surface area contributed by atoms with Crippen molar-refractivity contribution >= 4 is 32.5 Å². The lowest BCUT2D eigenvalue weighted by Crippen LogP contribution is -2.36. The molecular weight excluding hydrogens is 308 g/mol. The predicted octanol–water partition coefficient (Wildman–Crippen LogP) is 3.47. The third-order valence-corrected chi connectivity index (χ3v) is 5.37. The molecule has 0 radical (unpaired) electrons. The van der Waals surface area contributed by atoms with E-state index in [1.165, 1.54) is 4.31 Å². The molecule has 1 heterocycles. The number of hydrogen-bond acceptors (Lipinski definition) is 3. The Labute approximate surface area is 130 Å². The molecule has 0 saturated heterocycles. The second-order valence-electron chi connectivity index (χ2n) is 4.95. The van der Waals surface area contributed by atoms with Gasteiger partial charge in [-0.3, -0.25) is 0 Å². The largest absolute Gasteiger partial charge is 0.243 e. The lowest BCUT2D eigenvalue weighted by Gasteiger charge is -2.24. The molecule has 2 aromatic rings. The molecule has 0 fully saturated rings. The first kappa shape index (κ1) is 15.9. The van der Waals surface area contributed by atoms with Crippen LogP contribution in [-0.4, -0.2) is 30.3 Å². The zero-order chi connectivity index (χ0) is 15.6. The maximum Gasteiger partial charge on any atom is 0.243 e. The number of sulfonamides is 1. The maximum absolute atomic E-state index is 12.7. The van der Waals surface area contributed by atoms with Crippen molar-refractivity contribution in [1.82, 2.24) is 9.29 Å². The Bertz CT molecular complexity index is 772. The first-order valence-electron chi connectivity index (χ1n) is 6.55. The summed E-state index contributed by atoms with van der Waals surface area (Å²) >= 11 is 5.83. The molecular formula is C15H17ClN2O2S. The summed E-state index contributed by atoms with van der Waals surface area (Å²) in [5.41, 5.74) is 0.668. The van der Waals surface area contributed by atoms with Crippen LogP contribution in [0, 0.1) is 0 Å². The summed E-state index contributed by atoms with van der Waals surface area (Å²) in [6.07, 6.45) is 1.58. The second-order valence-corrected chi connectivity index (χ2v) is 7.22. The molecule has 0 aliphatic rings. The van der Waals surface area contributed by atoms with E-state index in [0.29, 0.717) is 10.7 Å². The molecule has 1 aromatic heterocycles. The second kappa shape index (κ2) is 6.13. The van der Waals surface area contributed by atoms with E-state index in [9.17, 15) is 8.42 Å². The van der Waals surface area contributed by atoms with E-state index in [1.807, 2.05) is 13.8 Å². The number of nitrogens with zero attached hydrogens (tertiary/aromatic N) is 2. The maximum atomic E-state index is 12.7. The van der Waals surface area contributed by atoms with Gasteiger partial charge in [-0.15, -0.1) is 6.58 Å². The molecule has 1 aromatic carbocycles. The molecule has 0 unspecified atom stereocenters. The molecule has 0 atom stereocenters. The van der Waals surface area contributed by atoms with Crippen LogP contribution in [0.25, 0.3) is 10.9 Å². The average Bonchev–Trinajstić information content (AvgIpc) is 2.43. The van der Waals surface area contributed by atoms with E-state index in [1.54, 1.807) is 36.4 Å². The fourth-order valence-corrected chi connectivity index (χ4v) is 3.89. The third kappa shape index (κ3) is 3.26. The number of aromatic nitrogens is 1. The Morgan fingerprint density at radius 2 is 2.05 bits per heavy atom. The Kier molecular flexibility index (Phi) is 4.66. The number of halogens is 1. The van der Waals surface area contributed by atoms with Gasteiger partial charge in [0.05, 0.1) is 10.4 Å². The van der Waals surface area contributed by atoms with E-state index < -0.39 is 10.0 Å². The Morgan fingerprint density at radius 3 is 2.67 bits per heavy atom. The zero-order valence-corrected chi connectivity index (χ0v) is 13.5. The minimum absolute atomic E-state index is 0.146. The van der Waals surface area contributed by atoms with E-state index in [4.69, 9.17) is 11.6 Å². The molecule has 0 N–H and O–H groups in total. The summed E-state index contributed by atoms with van der Waals surface area (Å²) in [7, 11) is -3.56. The van der Waals surface area contributed by atoms with Crippen LogP contribution in [0.5, 0.6) is 0 Å². The van der Waals surface area contributed by atoms with Crippen molar-refractivity contribution in [2.75, 3.05) is 6.54 Å². The molecule has 0 aliphatic carbocycles. The van der Waals surface area contributed by atoms with Gasteiger partial charge in [-0.2, -0.15) is 4.31 Å². The number of benzene rings is 1. The summed E-state index contributed by atoms with van der Waals surface area (Å²) in [5, 5.41) is 1.12. The van der Waals surface area contributed by atoms with Gasteiger partial charge in [0.15, 0.2) is 0 Å². The molecule has 4 nitrogen and oxygen atoms in total. The van der Waals surface area contributed by atoms with E-state index in [-0.39, 0.29) is 17.5 Å². The van der Waals surface area contributed by atoms with Crippen molar-refractivity contribution in [2.24, 2.45) is 0 Å². The Balaban J connectivity index is 2.53. The van der Waals surface area contributed by atoms with Crippen molar-refractivity contribution in [3.05, 3.63) is 48.1 Å². The van der Waals surface area contributed by atoms with Crippen LogP contribution >= 0.6 is 11.6 Å². The summed E-state index contributed by atoms with van der Waals surface area (Å²) in [4.78, 5) is 4.40. The quantitative estimate of drug-likeness (QED) is 0.625. The van der Waals surface area contributed by atoms with Crippen molar-refractivity contribution in [3.8, 4) is 0 Å². The molecule has 6 heteroatoms. The highest BCUT2D eigenvalue weighted by atomic mass is 35.5. The van der Waals surface area contributed by atoms with Crippen LogP contribution in [0.15, 0.2) is 47.9 Å². The highest BCUT2D eigenvalue weighted by Crippen LogP contribution is 2.23. The molecule has 21 heavy (non-hydrogen) atoms. The van der Waals surface area contributed by atoms with Crippen molar-refractivity contribution in [3.63, 3.8) is 0 Å². The molecule has 0 amide bonds. The Hall–Kier alpha value is -1.43. The van der Waals surface area contributed by atoms with Crippen LogP contribution in [-0.2, 0) is 10.0 Å². The van der Waals surface area contributed by atoms with Gasteiger partial charge in [0.2, 0.25) is 10.0 Å². The molecule has 0 spiro atoms. The lowest BCUT2D eigenvalue weighted by atomic mass is 10.2. The van der Waals surface area contributed by atoms with Gasteiger partial charge in [0, 0.05) is 18.0 Å². The smallest absolute Gasteiger partial charge is 0.236 e. The van der Waals surface area contributed by atoms with Crippen LogP contribution < -0.4 is 0 Å². The first-order chi connectivity index (χ1) is 9.86. The minimum Gasteiger partial charge on any atom is -0.236 e. The molecule has 0 bridgehead atoms. The summed E-state index contributed by atoms with van der Waals surface area (Å²) in [6.45, 7) is 7.57. The zero-order valence-electron chi connectivity index (χ0n) is 12.0. The molecule has 2 rings (SSSR count). The topological polar surface area (TPSA) is 50.3 Å². The third-order valence-electron chi connectivity index (χ3n) is 3.12. The van der Waals surface area contributed by atoms with Crippen LogP contribution in [0.1, 0.15) is 13.8 Å². The monoisotopic (exact) mass is 324 g/mol. The van der Waals surface area contributed by atoms with Gasteiger partial charge in [0.1, 0.15) is 5.15 Å². The summed E-state index contributed by atoms with van der Waals surface area (Å²) in [6, 6.07) is 8.10. The van der Waals surface area contributed by atoms with Gasteiger partial charge in [-0.05, 0) is 44.2 Å². The van der Waals surface area contributed by atoms with Crippen LogP contribution in [0.4, 0.5) is 0 Å². The Morgan fingerprint density at radius 1 is 1.33 bits per heavy atom. The normalized spacial score (nSPS) is 12.2. The SMILES string of the molecule is C=CCN(C(C)C)S(=O)(=O)c1ccc2nc(Cl)ccc2c1. The number of rotatable bonds is 5. The predicted molar refractivity (Wildman–Crippen MR) is 86.0 cm³/mol. The first-order valence-corrected chi connectivity index (χ1v) is 8.37. The van der Waals surface area contributed by atoms with E-state index in [2.05, 4.69) is 11.6 Å². The summed E-state index contributed by atoms with van der Waals surface area (Å²) in [5.74, 6) is 0. The van der Waals surface area contributed by atoms with Crippen molar-refractivity contribution in [2.45, 2.75) is 24.8 Å². The highest BCUT2D eigenvalue weighted by molar-refractivity contribution is 7.89. The van der Waals surface area contributed by atoms with Crippen molar-refractivity contribution < 1.29 is 8.42 Å². The average molecular weight is 325 g/mol. The molecule has 0 aliphatic heterocycles. The lowest BCUT2D eigenvalue weighted by molar-refractivity contribution is 0.383. The summed E-state index contributed by atoms with van der Waals surface area (Å²) < 4.78 is 26.8. The van der Waals surface area contributed by atoms with Gasteiger partial charge in [0.25, 0.3) is 0 Å². The standard InChI is InChI=1S/C15H17ClN2O2S/c1-4-9-18(11(2)3)21(19,20)13-6-7-14-12(10-13)5-8-15(16)17-14/h4-8,10-11H,1,9H2,2-3H3. The van der Waals surface area contributed by atoms with Gasteiger partial charge >= 0.3 is 0 Å². The van der Waals surface area contributed by atoms with E-state index >= 15 is 0 Å². The fraction of sp³-hybridized carbons (Fsp3) is 0.267.